The number of nitrogens with one attached hydrogen (secondary N) is 1. The summed E-state index contributed by atoms with van der Waals surface area (Å²) in [6, 6.07) is 11.9. The van der Waals surface area contributed by atoms with E-state index in [2.05, 4.69) is 5.32 Å². The van der Waals surface area contributed by atoms with Crippen LogP contribution in [0.2, 0.25) is 0 Å². The maximum absolute atomic E-state index is 13.3. The van der Waals surface area contributed by atoms with Crippen LogP contribution in [-0.4, -0.2) is 68.5 Å². The van der Waals surface area contributed by atoms with E-state index in [9.17, 15) is 27.9 Å². The number of benzene rings is 2. The number of likely N-dealkylation sites (tertiary alicyclic amines) is 1. The Morgan fingerprint density at radius 2 is 1.74 bits per heavy atom. The molecule has 0 aliphatic carbocycles. The molecule has 2 N–H and O–H groups in total. The van der Waals surface area contributed by atoms with Crippen molar-refractivity contribution in [3.63, 3.8) is 0 Å². The van der Waals surface area contributed by atoms with Crippen LogP contribution in [0.25, 0.3) is 0 Å². The highest BCUT2D eigenvalue weighted by atomic mass is 32.2. The fourth-order valence-electron chi connectivity index (χ4n) is 4.95. The molecule has 2 heterocycles. The largest absolute Gasteiger partial charge is 0.396 e. The number of nitrogens with zero attached hydrogens (tertiary/aromatic N) is 1. The number of carbonyl (C=O) groups is 3. The number of hydrogen-bond donors (Lipinski definition) is 2. The monoisotopic (exact) mass is 498 g/mol. The van der Waals surface area contributed by atoms with E-state index in [1.807, 2.05) is 31.2 Å². The van der Waals surface area contributed by atoms with Crippen molar-refractivity contribution < 1.29 is 27.9 Å². The Morgan fingerprint density at radius 3 is 2.34 bits per heavy atom. The number of piperidine rings is 1. The lowest BCUT2D eigenvalue weighted by Crippen LogP contribution is -2.40. The lowest BCUT2D eigenvalue weighted by molar-refractivity contribution is -0.120. The first kappa shape index (κ1) is 25.1. The zero-order chi connectivity index (χ0) is 25.3. The third-order valence-corrected chi connectivity index (χ3v) is 8.15. The van der Waals surface area contributed by atoms with Gasteiger partial charge in [0, 0.05) is 49.9 Å². The Kier molecular flexibility index (Phi) is 7.10. The van der Waals surface area contributed by atoms with Crippen LogP contribution in [-0.2, 0) is 14.6 Å². The van der Waals surface area contributed by atoms with Gasteiger partial charge in [0.05, 0.1) is 16.4 Å². The first-order valence-electron chi connectivity index (χ1n) is 11.7. The summed E-state index contributed by atoms with van der Waals surface area (Å²) < 4.78 is 25.2. The number of hydrogen-bond acceptors (Lipinski definition) is 6. The molecule has 0 spiro atoms. The van der Waals surface area contributed by atoms with E-state index < -0.39 is 21.7 Å². The van der Waals surface area contributed by atoms with E-state index in [4.69, 9.17) is 0 Å². The Balaban J connectivity index is 1.53. The third kappa shape index (κ3) is 5.16. The topological polar surface area (TPSA) is 121 Å². The van der Waals surface area contributed by atoms with Gasteiger partial charge in [0.25, 0.3) is 5.91 Å². The van der Waals surface area contributed by atoms with Gasteiger partial charge in [-0.05, 0) is 37.5 Å². The standard InChI is InChI=1S/C26H30N2O6S/c1-16-3-5-17(6-4-16)24(30)18-9-11-28(12-10-18)26(32)21-8-7-19(13-22(21)35(2,33)34)23-20(15-29)14-27-25(23)31/h3-8,13,18,20,23,29H,9-12,14-15H2,1-2H3,(H,27,31)/t20?,23-/m0/s1. The maximum Gasteiger partial charge on any atom is 0.255 e. The number of aliphatic hydroxyl groups excluding tert-OH is 1. The van der Waals surface area contributed by atoms with Crippen molar-refractivity contribution in [1.29, 1.82) is 0 Å². The molecule has 1 unspecified atom stereocenters. The molecule has 4 rings (SSSR count). The van der Waals surface area contributed by atoms with Crippen molar-refractivity contribution >= 4 is 27.4 Å². The van der Waals surface area contributed by atoms with Gasteiger partial charge in [-0.2, -0.15) is 0 Å². The first-order chi connectivity index (χ1) is 16.6. The molecular weight excluding hydrogens is 468 g/mol. The lowest BCUT2D eigenvalue weighted by atomic mass is 9.87. The number of carbonyl (C=O) groups excluding carboxylic acids is 3. The molecular formula is C26H30N2O6S. The van der Waals surface area contributed by atoms with Gasteiger partial charge in [-0.1, -0.05) is 35.9 Å². The zero-order valence-electron chi connectivity index (χ0n) is 19.9. The quantitative estimate of drug-likeness (QED) is 0.588. The molecule has 35 heavy (non-hydrogen) atoms. The number of ketones is 1. The minimum Gasteiger partial charge on any atom is -0.396 e. The highest BCUT2D eigenvalue weighted by Gasteiger charge is 2.37. The predicted octanol–water partition coefficient (Wildman–Crippen LogP) is 1.96. The zero-order valence-corrected chi connectivity index (χ0v) is 20.7. The Bertz CT molecular complexity index is 1250. The van der Waals surface area contributed by atoms with Crippen LogP contribution >= 0.6 is 0 Å². The molecule has 9 heteroatoms. The average Bonchev–Trinajstić information content (AvgIpc) is 3.23. The molecule has 0 saturated carbocycles. The van der Waals surface area contributed by atoms with Crippen molar-refractivity contribution in [2.24, 2.45) is 11.8 Å². The molecule has 0 aromatic heterocycles. The number of aryl methyl sites for hydroxylation is 1. The summed E-state index contributed by atoms with van der Waals surface area (Å²) in [6.07, 6.45) is 2.05. The molecule has 2 atom stereocenters. The second kappa shape index (κ2) is 9.91. The van der Waals surface area contributed by atoms with Gasteiger partial charge in [-0.15, -0.1) is 0 Å². The van der Waals surface area contributed by atoms with E-state index in [-0.39, 0.29) is 40.6 Å². The van der Waals surface area contributed by atoms with Gasteiger partial charge in [0.15, 0.2) is 15.6 Å². The fraction of sp³-hybridized carbons (Fsp3) is 0.423. The SMILES string of the molecule is Cc1ccc(C(=O)C2CCN(C(=O)c3ccc([C@@H]4C(=O)NCC4CO)cc3S(C)(=O)=O)CC2)cc1. The van der Waals surface area contributed by atoms with E-state index in [0.29, 0.717) is 43.6 Å². The number of rotatable bonds is 6. The molecule has 2 saturated heterocycles. The summed E-state index contributed by atoms with van der Waals surface area (Å²) >= 11 is 0. The van der Waals surface area contributed by atoms with Crippen LogP contribution in [0, 0.1) is 18.8 Å². The molecule has 2 aromatic carbocycles. The van der Waals surface area contributed by atoms with Gasteiger partial charge in [-0.3, -0.25) is 14.4 Å². The Morgan fingerprint density at radius 1 is 1.09 bits per heavy atom. The minimum atomic E-state index is -3.77. The third-order valence-electron chi connectivity index (χ3n) is 7.01. The van der Waals surface area contributed by atoms with Crippen LogP contribution < -0.4 is 5.32 Å². The Labute approximate surface area is 205 Å². The second-order valence-electron chi connectivity index (χ2n) is 9.49. The highest BCUT2D eigenvalue weighted by Crippen LogP contribution is 2.32. The van der Waals surface area contributed by atoms with Crippen molar-refractivity contribution in [3.8, 4) is 0 Å². The van der Waals surface area contributed by atoms with Crippen LogP contribution in [0.5, 0.6) is 0 Å². The molecule has 2 fully saturated rings. The van der Waals surface area contributed by atoms with E-state index >= 15 is 0 Å². The molecule has 2 amide bonds. The summed E-state index contributed by atoms with van der Waals surface area (Å²) in [6.45, 7) is 2.76. The van der Waals surface area contributed by atoms with Gasteiger partial charge in [-0.25, -0.2) is 8.42 Å². The molecule has 0 radical (unpaired) electrons. The summed E-state index contributed by atoms with van der Waals surface area (Å²) in [4.78, 5) is 39.9. The minimum absolute atomic E-state index is 0.0542. The lowest BCUT2D eigenvalue weighted by Gasteiger charge is -2.32. The number of aliphatic hydroxyl groups is 1. The molecule has 2 aliphatic heterocycles. The number of amides is 2. The number of Topliss-reactive ketones (excluding diaryl/α,β-unsaturated/α-hetero) is 1. The summed E-state index contributed by atoms with van der Waals surface area (Å²) in [5.41, 5.74) is 2.25. The van der Waals surface area contributed by atoms with Gasteiger partial charge >= 0.3 is 0 Å². The van der Waals surface area contributed by atoms with Crippen LogP contribution in [0.1, 0.15) is 50.6 Å². The van der Waals surface area contributed by atoms with Gasteiger partial charge in [0.1, 0.15) is 0 Å². The van der Waals surface area contributed by atoms with E-state index in [0.717, 1.165) is 11.8 Å². The fourth-order valence-corrected chi connectivity index (χ4v) is 5.86. The molecule has 0 bridgehead atoms. The summed E-state index contributed by atoms with van der Waals surface area (Å²) in [5.74, 6) is -1.84. The predicted molar refractivity (Wildman–Crippen MR) is 130 cm³/mol. The molecule has 2 aromatic rings. The van der Waals surface area contributed by atoms with E-state index in [1.54, 1.807) is 11.0 Å². The number of sulfone groups is 1. The maximum atomic E-state index is 13.3. The average molecular weight is 499 g/mol. The Hall–Kier alpha value is -3.04. The van der Waals surface area contributed by atoms with Crippen LogP contribution in [0.3, 0.4) is 0 Å². The molecule has 8 nitrogen and oxygen atoms in total. The van der Waals surface area contributed by atoms with Crippen molar-refractivity contribution in [2.75, 3.05) is 32.5 Å². The first-order valence-corrected chi connectivity index (χ1v) is 13.6. The van der Waals surface area contributed by atoms with Crippen molar-refractivity contribution in [1.82, 2.24) is 10.2 Å². The summed E-state index contributed by atoms with van der Waals surface area (Å²) in [7, 11) is -3.77. The second-order valence-corrected chi connectivity index (χ2v) is 11.5. The van der Waals surface area contributed by atoms with Crippen molar-refractivity contribution in [2.45, 2.75) is 30.6 Å². The molecule has 186 valence electrons. The highest BCUT2D eigenvalue weighted by molar-refractivity contribution is 7.90. The van der Waals surface area contributed by atoms with Crippen molar-refractivity contribution in [3.05, 3.63) is 64.7 Å². The van der Waals surface area contributed by atoms with Crippen LogP contribution in [0.15, 0.2) is 47.4 Å². The van der Waals surface area contributed by atoms with E-state index in [1.165, 1.54) is 12.1 Å². The normalized spacial score (nSPS) is 21.1. The van der Waals surface area contributed by atoms with Gasteiger partial charge in [0.2, 0.25) is 5.91 Å². The van der Waals surface area contributed by atoms with Crippen LogP contribution in [0.4, 0.5) is 0 Å². The van der Waals surface area contributed by atoms with Gasteiger partial charge < -0.3 is 15.3 Å². The smallest absolute Gasteiger partial charge is 0.255 e. The molecule has 2 aliphatic rings. The summed E-state index contributed by atoms with van der Waals surface area (Å²) in [5, 5.41) is 12.3.